The molecule has 0 aliphatic carbocycles. The van der Waals surface area contributed by atoms with Gasteiger partial charge in [-0.2, -0.15) is 0 Å². The molecule has 35 heavy (non-hydrogen) atoms. The average Bonchev–Trinajstić information content (AvgIpc) is 3.36. The monoisotopic (exact) mass is 482 g/mol. The van der Waals surface area contributed by atoms with E-state index in [0.29, 0.717) is 11.6 Å². The van der Waals surface area contributed by atoms with Crippen LogP contribution in [0.2, 0.25) is 0 Å². The maximum absolute atomic E-state index is 13.5. The van der Waals surface area contributed by atoms with Crippen LogP contribution in [0.3, 0.4) is 0 Å². The summed E-state index contributed by atoms with van der Waals surface area (Å²) in [5.41, 5.74) is 4.39. The minimum Gasteiger partial charge on any atom is -0.316 e. The molecule has 0 N–H and O–H groups in total. The Morgan fingerprint density at radius 1 is 0.943 bits per heavy atom. The summed E-state index contributed by atoms with van der Waals surface area (Å²) in [5, 5.41) is 4.62. The largest absolute Gasteiger partial charge is 0.316 e. The fourth-order valence-corrected chi connectivity index (χ4v) is 5.40. The van der Waals surface area contributed by atoms with Gasteiger partial charge in [0.2, 0.25) is 0 Å². The summed E-state index contributed by atoms with van der Waals surface area (Å²) in [5.74, 6) is 0.560. The third-order valence-corrected chi connectivity index (χ3v) is 7.39. The van der Waals surface area contributed by atoms with E-state index in [-0.39, 0.29) is 5.56 Å². The van der Waals surface area contributed by atoms with Gasteiger partial charge in [0, 0.05) is 24.5 Å². The molecule has 0 saturated carbocycles. The van der Waals surface area contributed by atoms with Crippen molar-refractivity contribution in [1.29, 1.82) is 0 Å². The molecule has 0 saturated heterocycles. The van der Waals surface area contributed by atoms with Crippen molar-refractivity contribution >= 4 is 27.8 Å². The number of para-hydroxylation sites is 1. The summed E-state index contributed by atoms with van der Waals surface area (Å²) >= 11 is 1.59. The maximum atomic E-state index is 13.5. The third-order valence-electron chi connectivity index (χ3n) is 6.52. The second-order valence-electron chi connectivity index (χ2n) is 9.29. The highest BCUT2D eigenvalue weighted by Gasteiger charge is 2.17. The van der Waals surface area contributed by atoms with E-state index in [9.17, 15) is 4.79 Å². The van der Waals surface area contributed by atoms with Gasteiger partial charge in [-0.15, -0.1) is 11.3 Å². The number of aromatic nitrogens is 3. The zero-order valence-corrected chi connectivity index (χ0v) is 21.4. The molecule has 2 aromatic heterocycles. The van der Waals surface area contributed by atoms with Gasteiger partial charge < -0.3 is 4.57 Å². The lowest BCUT2D eigenvalue weighted by Crippen LogP contribution is -2.20. The Labute approximate surface area is 209 Å². The molecule has 0 unspecified atom stereocenters. The predicted molar refractivity (Wildman–Crippen MR) is 146 cm³/mol. The van der Waals surface area contributed by atoms with Gasteiger partial charge in [0.25, 0.3) is 5.56 Å². The topological polar surface area (TPSA) is 44.2 Å². The zero-order chi connectivity index (χ0) is 24.5. The molecule has 5 aromatic rings. The van der Waals surface area contributed by atoms with Crippen LogP contribution in [0.5, 0.6) is 0 Å². The summed E-state index contributed by atoms with van der Waals surface area (Å²) in [4.78, 5) is 19.3. The number of nitrogens with zero attached hydrogens (tertiary/aromatic N) is 4. The number of fused-ring (bicyclic) bond motifs is 1. The number of rotatable bonds is 6. The molecule has 0 aliphatic rings. The summed E-state index contributed by atoms with van der Waals surface area (Å²) in [6.45, 7) is 7.27. The van der Waals surface area contributed by atoms with Crippen molar-refractivity contribution in [3.63, 3.8) is 0 Å². The first kappa shape index (κ1) is 23.1. The Kier molecular flexibility index (Phi) is 6.31. The highest BCUT2D eigenvalue weighted by molar-refractivity contribution is 7.07. The van der Waals surface area contributed by atoms with Crippen LogP contribution < -0.4 is 10.4 Å². The van der Waals surface area contributed by atoms with Crippen LogP contribution in [0.25, 0.3) is 27.7 Å². The van der Waals surface area contributed by atoms with Gasteiger partial charge in [-0.25, -0.2) is 9.67 Å². The summed E-state index contributed by atoms with van der Waals surface area (Å²) in [6.07, 6.45) is 1.03. The molecule has 0 amide bonds. The normalized spacial score (nSPS) is 12.2. The molecule has 0 atom stereocenters. The molecule has 5 nitrogen and oxygen atoms in total. The minimum atomic E-state index is -0.105. The Bertz CT molecular complexity index is 1610. The summed E-state index contributed by atoms with van der Waals surface area (Å²) in [6, 6.07) is 24.6. The molecule has 0 spiro atoms. The van der Waals surface area contributed by atoms with Crippen LogP contribution >= 0.6 is 11.3 Å². The molecular weight excluding hydrogens is 452 g/mol. The van der Waals surface area contributed by atoms with Crippen molar-refractivity contribution in [2.75, 3.05) is 0 Å². The predicted octanol–water partition coefficient (Wildman–Crippen LogP) is 6.45. The molecule has 0 aliphatic heterocycles. The maximum Gasteiger partial charge on any atom is 0.297 e. The number of benzene rings is 3. The van der Waals surface area contributed by atoms with E-state index in [2.05, 4.69) is 66.3 Å². The SMILES string of the molecule is Cc1c(N=c2scc(-c3cccc4ccccc34)n2CCC(C)C)c(=O)n(-c2ccccc2)n1C. The molecule has 0 fully saturated rings. The van der Waals surface area contributed by atoms with Gasteiger partial charge in [0.15, 0.2) is 10.5 Å². The van der Waals surface area contributed by atoms with Crippen molar-refractivity contribution in [3.8, 4) is 16.9 Å². The number of hydrogen-bond acceptors (Lipinski definition) is 3. The fraction of sp³-hybridized carbons (Fsp3) is 0.241. The van der Waals surface area contributed by atoms with E-state index >= 15 is 0 Å². The molecule has 3 aromatic carbocycles. The number of hydrogen-bond donors (Lipinski definition) is 0. The molecule has 0 bridgehead atoms. The summed E-state index contributed by atoms with van der Waals surface area (Å²) in [7, 11) is 1.91. The lowest BCUT2D eigenvalue weighted by atomic mass is 10.0. The Morgan fingerprint density at radius 2 is 1.66 bits per heavy atom. The molecule has 6 heteroatoms. The second-order valence-corrected chi connectivity index (χ2v) is 10.1. The molecule has 5 rings (SSSR count). The smallest absolute Gasteiger partial charge is 0.297 e. The van der Waals surface area contributed by atoms with E-state index in [1.54, 1.807) is 16.0 Å². The Balaban J connectivity index is 1.71. The highest BCUT2D eigenvalue weighted by Crippen LogP contribution is 2.29. The first-order valence-electron chi connectivity index (χ1n) is 12.0. The van der Waals surface area contributed by atoms with E-state index in [1.807, 2.05) is 49.0 Å². The molecule has 0 radical (unpaired) electrons. The number of thiazole rings is 1. The van der Waals surface area contributed by atoms with Crippen LogP contribution in [-0.4, -0.2) is 13.9 Å². The minimum absolute atomic E-state index is 0.105. The van der Waals surface area contributed by atoms with Gasteiger partial charge in [0.1, 0.15) is 0 Å². The van der Waals surface area contributed by atoms with Crippen molar-refractivity contribution in [2.24, 2.45) is 18.0 Å². The van der Waals surface area contributed by atoms with Crippen LogP contribution in [0, 0.1) is 12.8 Å². The quantitative estimate of drug-likeness (QED) is 0.274. The molecule has 2 heterocycles. The van der Waals surface area contributed by atoms with Gasteiger partial charge >= 0.3 is 0 Å². The zero-order valence-electron chi connectivity index (χ0n) is 20.6. The Hall–Kier alpha value is -3.64. The Morgan fingerprint density at radius 3 is 2.43 bits per heavy atom. The van der Waals surface area contributed by atoms with E-state index in [4.69, 9.17) is 4.99 Å². The second kappa shape index (κ2) is 9.55. The van der Waals surface area contributed by atoms with Crippen molar-refractivity contribution in [2.45, 2.75) is 33.7 Å². The van der Waals surface area contributed by atoms with E-state index in [1.165, 1.54) is 16.3 Å². The van der Waals surface area contributed by atoms with Gasteiger partial charge in [0.05, 0.1) is 17.1 Å². The average molecular weight is 483 g/mol. The van der Waals surface area contributed by atoms with Crippen LogP contribution in [0.4, 0.5) is 5.69 Å². The summed E-state index contributed by atoms with van der Waals surface area (Å²) < 4.78 is 5.85. The first-order chi connectivity index (χ1) is 17.0. The molecular formula is C29H30N4OS. The van der Waals surface area contributed by atoms with Gasteiger partial charge in [-0.1, -0.05) is 74.5 Å². The third kappa shape index (κ3) is 4.30. The lowest BCUT2D eigenvalue weighted by Gasteiger charge is -2.12. The van der Waals surface area contributed by atoms with E-state index < -0.39 is 0 Å². The van der Waals surface area contributed by atoms with Gasteiger partial charge in [-0.05, 0) is 42.2 Å². The van der Waals surface area contributed by atoms with Gasteiger partial charge in [-0.3, -0.25) is 9.48 Å². The fourth-order valence-electron chi connectivity index (χ4n) is 4.47. The molecule has 178 valence electrons. The van der Waals surface area contributed by atoms with Crippen molar-refractivity contribution in [1.82, 2.24) is 13.9 Å². The first-order valence-corrected chi connectivity index (χ1v) is 12.9. The van der Waals surface area contributed by atoms with Crippen LogP contribution in [0.1, 0.15) is 26.0 Å². The lowest BCUT2D eigenvalue weighted by molar-refractivity contribution is 0.513. The standard InChI is InChI=1S/C29H30N4OS/c1-20(2)17-18-32-26(25-16-10-12-22-11-8-9-15-24(22)25)19-35-29(32)30-27-21(3)31(4)33(28(27)34)23-13-6-5-7-14-23/h5-16,19-20H,17-18H2,1-4H3. The van der Waals surface area contributed by atoms with Crippen molar-refractivity contribution in [3.05, 3.63) is 99.0 Å². The highest BCUT2D eigenvalue weighted by atomic mass is 32.1. The van der Waals surface area contributed by atoms with Crippen LogP contribution in [0.15, 0.2) is 88.0 Å². The van der Waals surface area contributed by atoms with Crippen LogP contribution in [-0.2, 0) is 13.6 Å². The van der Waals surface area contributed by atoms with Crippen molar-refractivity contribution < 1.29 is 0 Å². The van der Waals surface area contributed by atoms with E-state index in [0.717, 1.165) is 34.8 Å².